The fourth-order valence-corrected chi connectivity index (χ4v) is 4.71. The molecule has 2 aliphatic heterocycles. The van der Waals surface area contributed by atoms with Gasteiger partial charge in [0.15, 0.2) is 5.11 Å². The van der Waals surface area contributed by atoms with Gasteiger partial charge in [0.25, 0.3) is 17.5 Å². The van der Waals surface area contributed by atoms with Crippen molar-refractivity contribution in [2.75, 3.05) is 31.1 Å². The predicted molar refractivity (Wildman–Crippen MR) is 138 cm³/mol. The van der Waals surface area contributed by atoms with Crippen LogP contribution >= 0.6 is 12.2 Å². The first-order valence-electron chi connectivity index (χ1n) is 11.4. The minimum absolute atomic E-state index is 0.00174. The Morgan fingerprint density at radius 1 is 1.11 bits per heavy atom. The predicted octanol–water partition coefficient (Wildman–Crippen LogP) is 2.65. The number of amides is 3. The summed E-state index contributed by atoms with van der Waals surface area (Å²) in [4.78, 5) is 54.0. The Hall–Kier alpha value is -4.12. The normalized spacial score (nSPS) is 18.3. The second kappa shape index (κ2) is 10.2. The SMILES string of the molecule is CC(=O)N1CCN(c2ccc([N+](=O)[O-])cc2/C=C2/C(=O)NC(=S)N(C(C)c3ccccc3)C2=O)CC1. The maximum absolute atomic E-state index is 13.5. The third-order valence-electron chi connectivity index (χ3n) is 6.39. The number of nitro benzene ring substituents is 1. The van der Waals surface area contributed by atoms with Crippen molar-refractivity contribution in [1.29, 1.82) is 0 Å². The minimum Gasteiger partial charge on any atom is -0.367 e. The van der Waals surface area contributed by atoms with Crippen molar-refractivity contribution in [3.05, 3.63) is 75.3 Å². The number of nitrogens with zero attached hydrogens (tertiary/aromatic N) is 4. The summed E-state index contributed by atoms with van der Waals surface area (Å²) in [5.74, 6) is -1.27. The Bertz CT molecular complexity index is 1270. The molecule has 0 aliphatic carbocycles. The van der Waals surface area contributed by atoms with Crippen molar-refractivity contribution < 1.29 is 19.3 Å². The lowest BCUT2D eigenvalue weighted by molar-refractivity contribution is -0.384. The van der Waals surface area contributed by atoms with Crippen LogP contribution in [-0.4, -0.2) is 63.7 Å². The monoisotopic (exact) mass is 507 g/mol. The van der Waals surface area contributed by atoms with Gasteiger partial charge in [0, 0.05) is 56.5 Å². The van der Waals surface area contributed by atoms with Crippen LogP contribution < -0.4 is 10.2 Å². The lowest BCUT2D eigenvalue weighted by atomic mass is 10.0. The summed E-state index contributed by atoms with van der Waals surface area (Å²) in [6.07, 6.45) is 1.38. The smallest absolute Gasteiger partial charge is 0.270 e. The fraction of sp³-hybridized carbons (Fsp3) is 0.280. The molecule has 0 bridgehead atoms. The molecule has 0 spiro atoms. The first-order valence-corrected chi connectivity index (χ1v) is 11.8. The van der Waals surface area contributed by atoms with Crippen LogP contribution in [0.25, 0.3) is 6.08 Å². The van der Waals surface area contributed by atoms with E-state index in [9.17, 15) is 24.5 Å². The molecule has 36 heavy (non-hydrogen) atoms. The average molecular weight is 508 g/mol. The van der Waals surface area contributed by atoms with E-state index in [0.29, 0.717) is 37.4 Å². The summed E-state index contributed by atoms with van der Waals surface area (Å²) in [5, 5.41) is 14.0. The fourth-order valence-electron chi connectivity index (χ4n) is 4.38. The zero-order chi connectivity index (χ0) is 26.0. The molecule has 4 rings (SSSR count). The first kappa shape index (κ1) is 25.0. The maximum atomic E-state index is 13.5. The molecule has 11 heteroatoms. The third kappa shape index (κ3) is 4.96. The van der Waals surface area contributed by atoms with Crippen LogP contribution in [0.5, 0.6) is 0 Å². The molecule has 0 aromatic heterocycles. The number of nitrogens with one attached hydrogen (secondary N) is 1. The van der Waals surface area contributed by atoms with E-state index in [2.05, 4.69) is 5.32 Å². The highest BCUT2D eigenvalue weighted by Gasteiger charge is 2.37. The number of benzene rings is 2. The number of piperazine rings is 1. The van der Waals surface area contributed by atoms with E-state index in [1.165, 1.54) is 30.0 Å². The van der Waals surface area contributed by atoms with Gasteiger partial charge >= 0.3 is 0 Å². The molecule has 2 fully saturated rings. The number of carbonyl (C=O) groups excluding carboxylic acids is 3. The number of hydrogen-bond acceptors (Lipinski definition) is 7. The van der Waals surface area contributed by atoms with Crippen LogP contribution in [0.3, 0.4) is 0 Å². The summed E-state index contributed by atoms with van der Waals surface area (Å²) < 4.78 is 0. The van der Waals surface area contributed by atoms with Gasteiger partial charge in [-0.15, -0.1) is 0 Å². The van der Waals surface area contributed by atoms with Crippen LogP contribution in [0, 0.1) is 10.1 Å². The highest BCUT2D eigenvalue weighted by Crippen LogP contribution is 2.31. The lowest BCUT2D eigenvalue weighted by Gasteiger charge is -2.36. The van der Waals surface area contributed by atoms with E-state index >= 15 is 0 Å². The molecule has 1 unspecified atom stereocenters. The van der Waals surface area contributed by atoms with Crippen LogP contribution in [0.4, 0.5) is 11.4 Å². The molecule has 2 aromatic rings. The van der Waals surface area contributed by atoms with Crippen molar-refractivity contribution in [3.8, 4) is 0 Å². The molecule has 2 heterocycles. The molecule has 2 saturated heterocycles. The number of hydrogen-bond donors (Lipinski definition) is 1. The Morgan fingerprint density at radius 2 is 1.78 bits per heavy atom. The van der Waals surface area contributed by atoms with Gasteiger partial charge in [-0.25, -0.2) is 0 Å². The van der Waals surface area contributed by atoms with Crippen molar-refractivity contribution in [1.82, 2.24) is 15.1 Å². The van der Waals surface area contributed by atoms with Gasteiger partial charge < -0.3 is 9.80 Å². The van der Waals surface area contributed by atoms with E-state index in [4.69, 9.17) is 12.2 Å². The average Bonchev–Trinajstić information content (AvgIpc) is 2.86. The van der Waals surface area contributed by atoms with Gasteiger partial charge in [-0.1, -0.05) is 30.3 Å². The molecular weight excluding hydrogens is 482 g/mol. The van der Waals surface area contributed by atoms with E-state index in [0.717, 1.165) is 5.56 Å². The second-order valence-electron chi connectivity index (χ2n) is 8.57. The topological polar surface area (TPSA) is 116 Å². The second-order valence-corrected chi connectivity index (χ2v) is 8.96. The molecule has 186 valence electrons. The van der Waals surface area contributed by atoms with Crippen molar-refractivity contribution in [2.24, 2.45) is 0 Å². The number of carbonyl (C=O) groups is 3. The largest absolute Gasteiger partial charge is 0.367 e. The molecule has 2 aliphatic rings. The number of thiocarbonyl (C=S) groups is 1. The highest BCUT2D eigenvalue weighted by molar-refractivity contribution is 7.80. The van der Waals surface area contributed by atoms with Crippen molar-refractivity contribution in [3.63, 3.8) is 0 Å². The Kier molecular flexibility index (Phi) is 7.11. The zero-order valence-electron chi connectivity index (χ0n) is 19.8. The molecule has 0 radical (unpaired) electrons. The first-order chi connectivity index (χ1) is 17.2. The van der Waals surface area contributed by atoms with Gasteiger partial charge in [0.05, 0.1) is 11.0 Å². The van der Waals surface area contributed by atoms with E-state index < -0.39 is 22.8 Å². The van der Waals surface area contributed by atoms with E-state index in [1.54, 1.807) is 11.0 Å². The summed E-state index contributed by atoms with van der Waals surface area (Å²) >= 11 is 5.31. The van der Waals surface area contributed by atoms with Crippen molar-refractivity contribution in [2.45, 2.75) is 19.9 Å². The lowest BCUT2D eigenvalue weighted by Crippen LogP contribution is -2.54. The van der Waals surface area contributed by atoms with Gasteiger partial charge in [-0.2, -0.15) is 0 Å². The Morgan fingerprint density at radius 3 is 2.39 bits per heavy atom. The summed E-state index contributed by atoms with van der Waals surface area (Å²) in [6.45, 7) is 5.33. The third-order valence-corrected chi connectivity index (χ3v) is 6.69. The Labute approximate surface area is 213 Å². The van der Waals surface area contributed by atoms with Gasteiger partial charge in [-0.3, -0.25) is 34.7 Å². The number of rotatable bonds is 5. The molecular formula is C25H25N5O5S. The summed E-state index contributed by atoms with van der Waals surface area (Å²) in [5.41, 5.74) is 1.49. The van der Waals surface area contributed by atoms with Gasteiger partial charge in [-0.05, 0) is 36.8 Å². The molecule has 10 nitrogen and oxygen atoms in total. The maximum Gasteiger partial charge on any atom is 0.270 e. The number of nitro groups is 1. The molecule has 2 aromatic carbocycles. The summed E-state index contributed by atoms with van der Waals surface area (Å²) in [6, 6.07) is 13.2. The molecule has 0 saturated carbocycles. The van der Waals surface area contributed by atoms with Crippen LogP contribution in [0.2, 0.25) is 0 Å². The summed E-state index contributed by atoms with van der Waals surface area (Å²) in [7, 11) is 0. The van der Waals surface area contributed by atoms with Crippen LogP contribution in [-0.2, 0) is 14.4 Å². The minimum atomic E-state index is -0.666. The quantitative estimate of drug-likeness (QED) is 0.217. The van der Waals surface area contributed by atoms with Gasteiger partial charge in [0.1, 0.15) is 5.57 Å². The van der Waals surface area contributed by atoms with Crippen LogP contribution in [0.15, 0.2) is 54.1 Å². The molecule has 3 amide bonds. The molecule has 1 atom stereocenters. The zero-order valence-corrected chi connectivity index (χ0v) is 20.7. The van der Waals surface area contributed by atoms with Crippen LogP contribution in [0.1, 0.15) is 31.0 Å². The standard InChI is InChI=1S/C25H25N5O5S/c1-16(18-6-4-3-5-7-18)29-24(33)21(23(32)26-25(29)36)15-19-14-20(30(34)35)8-9-22(19)28-12-10-27(11-13-28)17(2)31/h3-9,14-16H,10-13H2,1-2H3,(H,26,32,36)/b21-15-. The van der Waals surface area contributed by atoms with Gasteiger partial charge in [0.2, 0.25) is 5.91 Å². The van der Waals surface area contributed by atoms with Crippen molar-refractivity contribution >= 4 is 52.5 Å². The van der Waals surface area contributed by atoms with E-state index in [1.807, 2.05) is 42.2 Å². The Balaban J connectivity index is 1.72. The highest BCUT2D eigenvalue weighted by atomic mass is 32.1. The number of non-ortho nitro benzene ring substituents is 1. The molecule has 1 N–H and O–H groups in total. The number of anilines is 1. The van der Waals surface area contributed by atoms with E-state index in [-0.39, 0.29) is 22.3 Å².